The number of ether oxygens (including phenoxy) is 2. The summed E-state index contributed by atoms with van der Waals surface area (Å²) in [5.74, 6) is 0. The van der Waals surface area contributed by atoms with Gasteiger partial charge in [0.1, 0.15) is 0 Å². The Bertz CT molecular complexity index is 110. The van der Waals surface area contributed by atoms with Crippen LogP contribution < -0.4 is 5.32 Å². The SMILES string of the molecule is COCC(CNCCN(C)C)OC. The van der Waals surface area contributed by atoms with Crippen LogP contribution in [0.3, 0.4) is 0 Å². The quantitative estimate of drug-likeness (QED) is 0.537. The highest BCUT2D eigenvalue weighted by Gasteiger charge is 2.04. The summed E-state index contributed by atoms with van der Waals surface area (Å²) in [4.78, 5) is 2.14. The first-order valence-electron chi connectivity index (χ1n) is 4.58. The Labute approximate surface area is 81.2 Å². The Balaban J connectivity index is 3.27. The molecular formula is C9H22N2O2. The first-order valence-corrected chi connectivity index (χ1v) is 4.58. The highest BCUT2D eigenvalue weighted by atomic mass is 16.5. The van der Waals surface area contributed by atoms with E-state index in [1.165, 1.54) is 0 Å². The predicted molar refractivity (Wildman–Crippen MR) is 54.1 cm³/mol. The first-order chi connectivity index (χ1) is 6.20. The molecule has 1 atom stereocenters. The fourth-order valence-electron chi connectivity index (χ4n) is 0.962. The van der Waals surface area contributed by atoms with Crippen LogP contribution in [0.5, 0.6) is 0 Å². The van der Waals surface area contributed by atoms with Gasteiger partial charge in [0, 0.05) is 33.9 Å². The zero-order valence-corrected chi connectivity index (χ0v) is 9.17. The molecule has 0 saturated heterocycles. The molecule has 0 heterocycles. The van der Waals surface area contributed by atoms with Gasteiger partial charge in [0.25, 0.3) is 0 Å². The van der Waals surface area contributed by atoms with Gasteiger partial charge in [-0.15, -0.1) is 0 Å². The second kappa shape index (κ2) is 8.44. The highest BCUT2D eigenvalue weighted by molar-refractivity contribution is 4.60. The minimum Gasteiger partial charge on any atom is -0.382 e. The lowest BCUT2D eigenvalue weighted by Gasteiger charge is -2.16. The lowest BCUT2D eigenvalue weighted by molar-refractivity contribution is 0.0289. The van der Waals surface area contributed by atoms with Gasteiger partial charge in [-0.05, 0) is 14.1 Å². The molecule has 13 heavy (non-hydrogen) atoms. The van der Waals surface area contributed by atoms with Crippen molar-refractivity contribution in [3.63, 3.8) is 0 Å². The van der Waals surface area contributed by atoms with Crippen LogP contribution in [0.15, 0.2) is 0 Å². The summed E-state index contributed by atoms with van der Waals surface area (Å²) in [5.41, 5.74) is 0. The van der Waals surface area contributed by atoms with Gasteiger partial charge in [-0.3, -0.25) is 0 Å². The molecule has 1 N–H and O–H groups in total. The number of rotatable bonds is 8. The summed E-state index contributed by atoms with van der Waals surface area (Å²) < 4.78 is 10.2. The number of nitrogens with zero attached hydrogens (tertiary/aromatic N) is 1. The summed E-state index contributed by atoms with van der Waals surface area (Å²) in [6.45, 7) is 3.52. The maximum absolute atomic E-state index is 5.20. The Morgan fingerprint density at radius 2 is 2.00 bits per heavy atom. The summed E-state index contributed by atoms with van der Waals surface area (Å²) in [5, 5.41) is 3.31. The van der Waals surface area contributed by atoms with Crippen molar-refractivity contribution >= 4 is 0 Å². The summed E-state index contributed by atoms with van der Waals surface area (Å²) in [6, 6.07) is 0. The molecule has 80 valence electrons. The lowest BCUT2D eigenvalue weighted by atomic mass is 10.3. The number of methoxy groups -OCH3 is 2. The predicted octanol–water partition coefficient (Wildman–Crippen LogP) is -0.201. The lowest BCUT2D eigenvalue weighted by Crippen LogP contribution is -2.35. The molecule has 0 amide bonds. The Morgan fingerprint density at radius 1 is 1.31 bits per heavy atom. The van der Waals surface area contributed by atoms with Crippen molar-refractivity contribution < 1.29 is 9.47 Å². The molecule has 0 aromatic carbocycles. The van der Waals surface area contributed by atoms with E-state index in [1.54, 1.807) is 14.2 Å². The average Bonchev–Trinajstić information content (AvgIpc) is 2.10. The average molecular weight is 190 g/mol. The second-order valence-corrected chi connectivity index (χ2v) is 3.32. The molecule has 0 saturated carbocycles. The van der Waals surface area contributed by atoms with Crippen molar-refractivity contribution in [1.29, 1.82) is 0 Å². The standard InChI is InChI=1S/C9H22N2O2/c1-11(2)6-5-10-7-9(13-4)8-12-3/h9-10H,5-8H2,1-4H3. The van der Waals surface area contributed by atoms with Crippen LogP contribution in [0.25, 0.3) is 0 Å². The smallest absolute Gasteiger partial charge is 0.0928 e. The summed E-state index contributed by atoms with van der Waals surface area (Å²) in [6.07, 6.45) is 0.159. The molecule has 0 aliphatic carbocycles. The summed E-state index contributed by atoms with van der Waals surface area (Å²) in [7, 11) is 7.51. The van der Waals surface area contributed by atoms with Crippen LogP contribution in [-0.2, 0) is 9.47 Å². The molecule has 0 spiro atoms. The zero-order valence-electron chi connectivity index (χ0n) is 9.17. The number of hydrogen-bond donors (Lipinski definition) is 1. The van der Waals surface area contributed by atoms with Crippen LogP contribution >= 0.6 is 0 Å². The zero-order chi connectivity index (χ0) is 10.1. The van der Waals surface area contributed by atoms with Gasteiger partial charge in [0.2, 0.25) is 0 Å². The number of likely N-dealkylation sites (N-methyl/N-ethyl adjacent to an activating group) is 1. The van der Waals surface area contributed by atoms with Crippen LogP contribution in [0.2, 0.25) is 0 Å². The van der Waals surface area contributed by atoms with Gasteiger partial charge < -0.3 is 19.7 Å². The molecule has 0 aliphatic rings. The third-order valence-electron chi connectivity index (χ3n) is 1.79. The number of nitrogens with one attached hydrogen (secondary N) is 1. The van der Waals surface area contributed by atoms with E-state index in [-0.39, 0.29) is 6.10 Å². The third kappa shape index (κ3) is 8.18. The van der Waals surface area contributed by atoms with E-state index in [0.29, 0.717) is 6.61 Å². The van der Waals surface area contributed by atoms with Crippen molar-refractivity contribution in [3.05, 3.63) is 0 Å². The fourth-order valence-corrected chi connectivity index (χ4v) is 0.962. The molecule has 4 nitrogen and oxygen atoms in total. The van der Waals surface area contributed by atoms with Gasteiger partial charge >= 0.3 is 0 Å². The van der Waals surface area contributed by atoms with Crippen molar-refractivity contribution in [3.8, 4) is 0 Å². The Kier molecular flexibility index (Phi) is 8.33. The maximum atomic E-state index is 5.20. The van der Waals surface area contributed by atoms with Crippen molar-refractivity contribution in [2.75, 3.05) is 54.6 Å². The van der Waals surface area contributed by atoms with Gasteiger partial charge in [0.15, 0.2) is 0 Å². The van der Waals surface area contributed by atoms with Gasteiger partial charge in [-0.25, -0.2) is 0 Å². The van der Waals surface area contributed by atoms with E-state index in [2.05, 4.69) is 24.3 Å². The van der Waals surface area contributed by atoms with Crippen molar-refractivity contribution in [1.82, 2.24) is 10.2 Å². The largest absolute Gasteiger partial charge is 0.382 e. The molecule has 0 radical (unpaired) electrons. The molecule has 0 fully saturated rings. The Morgan fingerprint density at radius 3 is 2.46 bits per heavy atom. The maximum Gasteiger partial charge on any atom is 0.0928 e. The number of hydrogen-bond acceptors (Lipinski definition) is 4. The monoisotopic (exact) mass is 190 g/mol. The van der Waals surface area contributed by atoms with E-state index in [9.17, 15) is 0 Å². The van der Waals surface area contributed by atoms with Gasteiger partial charge in [-0.2, -0.15) is 0 Å². The molecular weight excluding hydrogens is 168 g/mol. The molecule has 0 bridgehead atoms. The van der Waals surface area contributed by atoms with Crippen molar-refractivity contribution in [2.24, 2.45) is 0 Å². The van der Waals surface area contributed by atoms with Gasteiger partial charge in [-0.1, -0.05) is 0 Å². The van der Waals surface area contributed by atoms with Crippen LogP contribution in [0.1, 0.15) is 0 Å². The Hall–Kier alpha value is -0.160. The molecule has 0 aromatic heterocycles. The molecule has 0 aliphatic heterocycles. The van der Waals surface area contributed by atoms with E-state index in [1.807, 2.05) is 0 Å². The van der Waals surface area contributed by atoms with E-state index in [4.69, 9.17) is 9.47 Å². The molecule has 0 aromatic rings. The highest BCUT2D eigenvalue weighted by Crippen LogP contribution is 1.87. The topological polar surface area (TPSA) is 33.7 Å². The van der Waals surface area contributed by atoms with E-state index >= 15 is 0 Å². The second-order valence-electron chi connectivity index (χ2n) is 3.32. The molecule has 4 heteroatoms. The summed E-state index contributed by atoms with van der Waals surface area (Å²) >= 11 is 0. The minimum atomic E-state index is 0.159. The van der Waals surface area contributed by atoms with Crippen LogP contribution in [-0.4, -0.2) is 65.6 Å². The van der Waals surface area contributed by atoms with Crippen molar-refractivity contribution in [2.45, 2.75) is 6.10 Å². The van der Waals surface area contributed by atoms with E-state index < -0.39 is 0 Å². The van der Waals surface area contributed by atoms with E-state index in [0.717, 1.165) is 19.6 Å². The molecule has 0 rings (SSSR count). The van der Waals surface area contributed by atoms with Gasteiger partial charge in [0.05, 0.1) is 12.7 Å². The molecule has 1 unspecified atom stereocenters. The van der Waals surface area contributed by atoms with Crippen LogP contribution in [0.4, 0.5) is 0 Å². The third-order valence-corrected chi connectivity index (χ3v) is 1.79. The first kappa shape index (κ1) is 12.8. The normalized spacial score (nSPS) is 13.6. The minimum absolute atomic E-state index is 0.159. The van der Waals surface area contributed by atoms with Crippen LogP contribution in [0, 0.1) is 0 Å². The fraction of sp³-hybridized carbons (Fsp3) is 1.00.